The van der Waals surface area contributed by atoms with E-state index >= 15 is 0 Å². The van der Waals surface area contributed by atoms with Gasteiger partial charge in [-0.05, 0) is 25.0 Å². The number of nitrogens with two attached hydrogens (primary N) is 1. The highest BCUT2D eigenvalue weighted by Gasteiger charge is 2.37. The highest BCUT2D eigenvalue weighted by Crippen LogP contribution is 2.32. The van der Waals surface area contributed by atoms with Gasteiger partial charge in [-0.3, -0.25) is 14.4 Å². The van der Waals surface area contributed by atoms with Gasteiger partial charge in [-0.25, -0.2) is 0 Å². The van der Waals surface area contributed by atoms with Crippen LogP contribution in [0.25, 0.3) is 0 Å². The van der Waals surface area contributed by atoms with E-state index in [1.807, 2.05) is 0 Å². The lowest BCUT2D eigenvalue weighted by Crippen LogP contribution is -2.34. The summed E-state index contributed by atoms with van der Waals surface area (Å²) in [5.41, 5.74) is 4.30. The van der Waals surface area contributed by atoms with E-state index in [4.69, 9.17) is 17.3 Å². The lowest BCUT2D eigenvalue weighted by molar-refractivity contribution is -0.151. The number of carboxylic acid groups (broad SMARTS) is 1. The van der Waals surface area contributed by atoms with E-state index in [2.05, 4.69) is 5.32 Å². The number of rotatable bonds is 7. The normalized spacial score (nSPS) is 11.0. The number of amides is 2. The Labute approximate surface area is 133 Å². The number of hydrogen-bond donors (Lipinski definition) is 3. The highest BCUT2D eigenvalue weighted by atomic mass is 35.5. The third kappa shape index (κ3) is 3.76. The molecule has 1 aromatic carbocycles. The molecule has 0 unspecified atom stereocenters. The summed E-state index contributed by atoms with van der Waals surface area (Å²) in [5, 5.41) is 12.0. The SMILES string of the molecule is CCC(CC)(CC(=O)Nc1cccc(Cl)c1C(N)=O)C(=O)O. The van der Waals surface area contributed by atoms with Crippen LogP contribution < -0.4 is 11.1 Å². The maximum absolute atomic E-state index is 12.2. The molecule has 1 rings (SSSR count). The first-order chi connectivity index (χ1) is 10.3. The number of hydrogen-bond acceptors (Lipinski definition) is 3. The molecule has 0 aliphatic rings. The van der Waals surface area contributed by atoms with E-state index in [1.165, 1.54) is 12.1 Å². The van der Waals surface area contributed by atoms with Crippen molar-refractivity contribution in [3.63, 3.8) is 0 Å². The van der Waals surface area contributed by atoms with Crippen molar-refractivity contribution < 1.29 is 19.5 Å². The first-order valence-corrected chi connectivity index (χ1v) is 7.26. The maximum Gasteiger partial charge on any atom is 0.310 e. The molecule has 0 saturated heterocycles. The van der Waals surface area contributed by atoms with Gasteiger partial charge in [-0.15, -0.1) is 0 Å². The number of carbonyl (C=O) groups excluding carboxylic acids is 2. The molecular formula is C15H19ClN2O4. The zero-order valence-corrected chi connectivity index (χ0v) is 13.2. The van der Waals surface area contributed by atoms with Crippen molar-refractivity contribution in [1.82, 2.24) is 0 Å². The Morgan fingerprint density at radius 3 is 2.32 bits per heavy atom. The average molecular weight is 327 g/mol. The molecule has 22 heavy (non-hydrogen) atoms. The first-order valence-electron chi connectivity index (χ1n) is 6.89. The monoisotopic (exact) mass is 326 g/mol. The molecule has 0 heterocycles. The predicted molar refractivity (Wildman–Crippen MR) is 83.9 cm³/mol. The minimum Gasteiger partial charge on any atom is -0.481 e. The van der Waals surface area contributed by atoms with Crippen LogP contribution in [-0.4, -0.2) is 22.9 Å². The summed E-state index contributed by atoms with van der Waals surface area (Å²) in [5.74, 6) is -2.29. The summed E-state index contributed by atoms with van der Waals surface area (Å²) in [6.07, 6.45) is 0.453. The molecular weight excluding hydrogens is 308 g/mol. The minimum atomic E-state index is -1.13. The minimum absolute atomic E-state index is 0.00596. The number of nitrogens with one attached hydrogen (secondary N) is 1. The number of carbonyl (C=O) groups is 3. The second-order valence-electron chi connectivity index (χ2n) is 5.04. The topological polar surface area (TPSA) is 109 Å². The van der Waals surface area contributed by atoms with Gasteiger partial charge in [0.1, 0.15) is 0 Å². The van der Waals surface area contributed by atoms with Crippen LogP contribution in [0.15, 0.2) is 18.2 Å². The van der Waals surface area contributed by atoms with Gasteiger partial charge >= 0.3 is 5.97 Å². The number of halogens is 1. The number of benzene rings is 1. The van der Waals surface area contributed by atoms with Crippen molar-refractivity contribution in [3.05, 3.63) is 28.8 Å². The molecule has 120 valence electrons. The molecule has 0 aliphatic heterocycles. The zero-order chi connectivity index (χ0) is 16.9. The first kappa shape index (κ1) is 18.0. The molecule has 0 radical (unpaired) electrons. The third-order valence-electron chi connectivity index (χ3n) is 3.84. The Morgan fingerprint density at radius 2 is 1.86 bits per heavy atom. The summed E-state index contributed by atoms with van der Waals surface area (Å²) in [7, 11) is 0. The summed E-state index contributed by atoms with van der Waals surface area (Å²) < 4.78 is 0. The largest absolute Gasteiger partial charge is 0.481 e. The lowest BCUT2D eigenvalue weighted by Gasteiger charge is -2.26. The Bertz CT molecular complexity index is 597. The van der Waals surface area contributed by atoms with Crippen LogP contribution >= 0.6 is 11.6 Å². The van der Waals surface area contributed by atoms with Crippen LogP contribution in [0, 0.1) is 5.41 Å². The van der Waals surface area contributed by atoms with Crippen molar-refractivity contribution in [3.8, 4) is 0 Å². The van der Waals surface area contributed by atoms with Crippen molar-refractivity contribution in [2.24, 2.45) is 11.1 Å². The summed E-state index contributed by atoms with van der Waals surface area (Å²) in [6.45, 7) is 3.44. The Hall–Kier alpha value is -2.08. The molecule has 0 atom stereocenters. The average Bonchev–Trinajstić information content (AvgIpc) is 2.44. The number of carboxylic acids is 1. The van der Waals surface area contributed by atoms with Crippen LogP contribution in [0.5, 0.6) is 0 Å². The van der Waals surface area contributed by atoms with E-state index in [0.717, 1.165) is 0 Å². The highest BCUT2D eigenvalue weighted by molar-refractivity contribution is 6.34. The van der Waals surface area contributed by atoms with E-state index in [1.54, 1.807) is 19.9 Å². The second-order valence-corrected chi connectivity index (χ2v) is 5.45. The van der Waals surface area contributed by atoms with E-state index in [0.29, 0.717) is 12.8 Å². The van der Waals surface area contributed by atoms with Gasteiger partial charge in [-0.1, -0.05) is 31.5 Å². The van der Waals surface area contributed by atoms with E-state index in [-0.39, 0.29) is 22.7 Å². The smallest absolute Gasteiger partial charge is 0.310 e. The van der Waals surface area contributed by atoms with Crippen LogP contribution in [0.3, 0.4) is 0 Å². The van der Waals surface area contributed by atoms with Gasteiger partial charge in [0.2, 0.25) is 5.91 Å². The molecule has 0 saturated carbocycles. The van der Waals surface area contributed by atoms with Crippen LogP contribution in [-0.2, 0) is 9.59 Å². The van der Waals surface area contributed by atoms with E-state index in [9.17, 15) is 19.5 Å². The molecule has 2 amide bonds. The summed E-state index contributed by atoms with van der Waals surface area (Å²) >= 11 is 5.90. The predicted octanol–water partition coefficient (Wildman–Crippen LogP) is 2.66. The van der Waals surface area contributed by atoms with Gasteiger partial charge in [0.05, 0.1) is 21.7 Å². The molecule has 0 aliphatic carbocycles. The van der Waals surface area contributed by atoms with Gasteiger partial charge in [-0.2, -0.15) is 0 Å². The third-order valence-corrected chi connectivity index (χ3v) is 4.16. The van der Waals surface area contributed by atoms with Gasteiger partial charge in [0.25, 0.3) is 5.91 Å². The molecule has 0 fully saturated rings. The molecule has 0 spiro atoms. The van der Waals surface area contributed by atoms with Crippen LogP contribution in [0.4, 0.5) is 5.69 Å². The number of anilines is 1. The summed E-state index contributed by atoms with van der Waals surface area (Å²) in [6, 6.07) is 4.54. The van der Waals surface area contributed by atoms with Crippen molar-refractivity contribution in [2.75, 3.05) is 5.32 Å². The fourth-order valence-corrected chi connectivity index (χ4v) is 2.53. The van der Waals surface area contributed by atoms with Gasteiger partial charge < -0.3 is 16.2 Å². The molecule has 0 bridgehead atoms. The fraction of sp³-hybridized carbons (Fsp3) is 0.400. The second kappa shape index (κ2) is 7.26. The van der Waals surface area contributed by atoms with Crippen molar-refractivity contribution >= 4 is 35.1 Å². The number of primary amides is 1. The zero-order valence-electron chi connectivity index (χ0n) is 12.5. The van der Waals surface area contributed by atoms with Gasteiger partial charge in [0.15, 0.2) is 0 Å². The lowest BCUT2D eigenvalue weighted by atomic mass is 9.79. The Morgan fingerprint density at radius 1 is 1.27 bits per heavy atom. The van der Waals surface area contributed by atoms with E-state index < -0.39 is 23.2 Å². The standard InChI is InChI=1S/C15H19ClN2O4/c1-3-15(4-2,14(21)22)8-11(19)18-10-7-5-6-9(16)12(10)13(17)20/h5-7H,3-4,8H2,1-2H3,(H2,17,20)(H,18,19)(H,21,22). The quantitative estimate of drug-likeness (QED) is 0.715. The maximum atomic E-state index is 12.2. The van der Waals surface area contributed by atoms with Gasteiger partial charge in [0, 0.05) is 6.42 Å². The Kier molecular flexibility index (Phi) is 5.93. The van der Waals surface area contributed by atoms with Crippen molar-refractivity contribution in [1.29, 1.82) is 0 Å². The Balaban J connectivity index is 3.02. The van der Waals surface area contributed by atoms with Crippen molar-refractivity contribution in [2.45, 2.75) is 33.1 Å². The number of aliphatic carboxylic acids is 1. The summed E-state index contributed by atoms with van der Waals surface area (Å²) in [4.78, 5) is 35.0. The molecule has 4 N–H and O–H groups in total. The molecule has 1 aromatic rings. The fourth-order valence-electron chi connectivity index (χ4n) is 2.26. The van der Waals surface area contributed by atoms with Crippen LogP contribution in [0.1, 0.15) is 43.5 Å². The molecule has 0 aromatic heterocycles. The van der Waals surface area contributed by atoms with Crippen LogP contribution in [0.2, 0.25) is 5.02 Å². The molecule has 6 nitrogen and oxygen atoms in total. The molecule has 7 heteroatoms.